The molecule has 1 saturated carbocycles. The molecule has 2 amide bonds. The molecule has 126 valence electrons. The molecule has 0 bridgehead atoms. The van der Waals surface area contributed by atoms with Crippen molar-refractivity contribution < 1.29 is 9.59 Å². The summed E-state index contributed by atoms with van der Waals surface area (Å²) in [6, 6.07) is 13.5. The molecule has 0 radical (unpaired) electrons. The summed E-state index contributed by atoms with van der Waals surface area (Å²) in [5, 5.41) is 5.15. The van der Waals surface area contributed by atoms with Crippen LogP contribution in [0, 0.1) is 5.92 Å². The quantitative estimate of drug-likeness (QED) is 0.887. The molecule has 4 nitrogen and oxygen atoms in total. The zero-order valence-electron chi connectivity index (χ0n) is 13.8. The Labute approximate surface area is 142 Å². The molecule has 1 atom stereocenters. The molecule has 2 aromatic rings. The van der Waals surface area contributed by atoms with Crippen molar-refractivity contribution in [2.45, 2.75) is 44.6 Å². The minimum atomic E-state index is -0.652. The van der Waals surface area contributed by atoms with Gasteiger partial charge in [0.15, 0.2) is 0 Å². The van der Waals surface area contributed by atoms with Gasteiger partial charge in [0.05, 0.1) is 0 Å². The number of benzene rings is 2. The lowest BCUT2D eigenvalue weighted by Gasteiger charge is -2.23. The largest absolute Gasteiger partial charge is 0.368 e. The fourth-order valence-corrected chi connectivity index (χ4v) is 3.48. The third kappa shape index (κ3) is 3.94. The van der Waals surface area contributed by atoms with E-state index in [2.05, 4.69) is 17.4 Å². The smallest absolute Gasteiger partial charge is 0.240 e. The average Bonchev–Trinajstić information content (AvgIpc) is 2.61. The molecular formula is C20H24N2O2. The zero-order chi connectivity index (χ0) is 16.9. The van der Waals surface area contributed by atoms with Gasteiger partial charge in [0.25, 0.3) is 0 Å². The topological polar surface area (TPSA) is 72.2 Å². The third-order valence-electron chi connectivity index (χ3n) is 4.89. The van der Waals surface area contributed by atoms with Crippen molar-refractivity contribution in [1.82, 2.24) is 5.32 Å². The molecule has 1 aliphatic carbocycles. The van der Waals surface area contributed by atoms with Crippen LogP contribution in [0.5, 0.6) is 0 Å². The molecule has 0 aromatic heterocycles. The van der Waals surface area contributed by atoms with Gasteiger partial charge in [-0.3, -0.25) is 9.59 Å². The van der Waals surface area contributed by atoms with E-state index in [-0.39, 0.29) is 11.8 Å². The minimum absolute atomic E-state index is 0.0252. The van der Waals surface area contributed by atoms with E-state index in [9.17, 15) is 9.59 Å². The summed E-state index contributed by atoms with van der Waals surface area (Å²) in [5.74, 6) is -0.483. The van der Waals surface area contributed by atoms with Crippen LogP contribution < -0.4 is 11.1 Å². The molecule has 3 N–H and O–H groups in total. The highest BCUT2D eigenvalue weighted by Gasteiger charge is 2.25. The highest BCUT2D eigenvalue weighted by atomic mass is 16.2. The van der Waals surface area contributed by atoms with Crippen LogP contribution in [-0.4, -0.2) is 17.9 Å². The number of primary amides is 1. The molecule has 1 fully saturated rings. The molecule has 0 spiro atoms. The van der Waals surface area contributed by atoms with Crippen molar-refractivity contribution >= 4 is 22.6 Å². The van der Waals surface area contributed by atoms with E-state index in [4.69, 9.17) is 5.73 Å². The normalized spacial score (nSPS) is 16.7. The first-order valence-corrected chi connectivity index (χ1v) is 8.71. The van der Waals surface area contributed by atoms with Crippen LogP contribution in [0.1, 0.15) is 37.7 Å². The van der Waals surface area contributed by atoms with Crippen molar-refractivity contribution in [3.63, 3.8) is 0 Å². The van der Waals surface area contributed by atoms with Crippen LogP contribution in [0.4, 0.5) is 0 Å². The second-order valence-corrected chi connectivity index (χ2v) is 6.68. The fraction of sp³-hybridized carbons (Fsp3) is 0.400. The van der Waals surface area contributed by atoms with Crippen molar-refractivity contribution in [3.05, 3.63) is 48.0 Å². The van der Waals surface area contributed by atoms with Crippen LogP contribution in [0.3, 0.4) is 0 Å². The first kappa shape index (κ1) is 16.5. The van der Waals surface area contributed by atoms with Crippen LogP contribution >= 0.6 is 0 Å². The van der Waals surface area contributed by atoms with Crippen molar-refractivity contribution in [3.8, 4) is 0 Å². The summed E-state index contributed by atoms with van der Waals surface area (Å²) in [7, 11) is 0. The molecule has 0 saturated heterocycles. The lowest BCUT2D eigenvalue weighted by atomic mass is 9.88. The van der Waals surface area contributed by atoms with Gasteiger partial charge in [0, 0.05) is 12.3 Å². The molecule has 0 aliphatic heterocycles. The van der Waals surface area contributed by atoms with Gasteiger partial charge in [-0.05, 0) is 29.2 Å². The standard InChI is InChI=1S/C20H24N2O2/c21-19(23)18(22-20(24)16-7-2-1-3-8-16)13-14-10-11-15-6-4-5-9-17(15)12-14/h4-6,9-12,16,18H,1-3,7-8,13H2,(H2,21,23)(H,22,24)/t18-/m0/s1. The number of amides is 2. The number of nitrogens with two attached hydrogens (primary N) is 1. The lowest BCUT2D eigenvalue weighted by molar-refractivity contribution is -0.130. The summed E-state index contributed by atoms with van der Waals surface area (Å²) < 4.78 is 0. The Morgan fingerprint density at radius 2 is 1.75 bits per heavy atom. The molecule has 1 aliphatic rings. The van der Waals surface area contributed by atoms with E-state index in [0.717, 1.165) is 42.0 Å². The van der Waals surface area contributed by atoms with Gasteiger partial charge in [-0.2, -0.15) is 0 Å². The van der Waals surface area contributed by atoms with Gasteiger partial charge < -0.3 is 11.1 Å². The highest BCUT2D eigenvalue weighted by Crippen LogP contribution is 2.24. The summed E-state index contributed by atoms with van der Waals surface area (Å²) in [6.45, 7) is 0. The Hall–Kier alpha value is -2.36. The summed E-state index contributed by atoms with van der Waals surface area (Å²) in [4.78, 5) is 24.2. The molecule has 4 heteroatoms. The van der Waals surface area contributed by atoms with Crippen LogP contribution in [-0.2, 0) is 16.0 Å². The molecule has 3 rings (SSSR count). The molecule has 2 aromatic carbocycles. The van der Waals surface area contributed by atoms with Gasteiger partial charge in [-0.1, -0.05) is 61.7 Å². The van der Waals surface area contributed by atoms with E-state index in [0.29, 0.717) is 6.42 Å². The van der Waals surface area contributed by atoms with Gasteiger partial charge in [-0.15, -0.1) is 0 Å². The Morgan fingerprint density at radius 3 is 2.46 bits per heavy atom. The highest BCUT2D eigenvalue weighted by molar-refractivity contribution is 5.88. The number of hydrogen-bond donors (Lipinski definition) is 2. The lowest BCUT2D eigenvalue weighted by Crippen LogP contribution is -2.48. The SMILES string of the molecule is NC(=O)[C@H](Cc1ccc2ccccc2c1)NC(=O)C1CCCCC1. The van der Waals surface area contributed by atoms with Gasteiger partial charge in [0.1, 0.15) is 6.04 Å². The monoisotopic (exact) mass is 324 g/mol. The van der Waals surface area contributed by atoms with Gasteiger partial charge >= 0.3 is 0 Å². The zero-order valence-corrected chi connectivity index (χ0v) is 13.8. The van der Waals surface area contributed by atoms with E-state index in [1.54, 1.807) is 0 Å². The van der Waals surface area contributed by atoms with Crippen LogP contribution in [0.2, 0.25) is 0 Å². The second kappa shape index (κ2) is 7.47. The number of carbonyl (C=O) groups is 2. The predicted octanol–water partition coefficient (Wildman–Crippen LogP) is 2.93. The summed E-state index contributed by atoms with van der Waals surface area (Å²) in [5.41, 5.74) is 6.52. The number of rotatable bonds is 5. The molecular weight excluding hydrogens is 300 g/mol. The van der Waals surface area contributed by atoms with Crippen molar-refractivity contribution in [1.29, 1.82) is 0 Å². The molecule has 0 heterocycles. The first-order chi connectivity index (χ1) is 11.6. The second-order valence-electron chi connectivity index (χ2n) is 6.68. The first-order valence-electron chi connectivity index (χ1n) is 8.71. The maximum absolute atomic E-state index is 12.4. The van der Waals surface area contributed by atoms with Crippen molar-refractivity contribution in [2.75, 3.05) is 0 Å². The van der Waals surface area contributed by atoms with Crippen LogP contribution in [0.15, 0.2) is 42.5 Å². The predicted molar refractivity (Wildman–Crippen MR) is 95.4 cm³/mol. The molecule has 0 unspecified atom stereocenters. The maximum atomic E-state index is 12.4. The van der Waals surface area contributed by atoms with E-state index in [1.165, 1.54) is 6.42 Å². The average molecular weight is 324 g/mol. The Bertz CT molecular complexity index is 735. The van der Waals surface area contributed by atoms with Crippen LogP contribution in [0.25, 0.3) is 10.8 Å². The Morgan fingerprint density at radius 1 is 1.04 bits per heavy atom. The summed E-state index contributed by atoms with van der Waals surface area (Å²) >= 11 is 0. The number of nitrogens with one attached hydrogen (secondary N) is 1. The maximum Gasteiger partial charge on any atom is 0.240 e. The minimum Gasteiger partial charge on any atom is -0.368 e. The molecule has 24 heavy (non-hydrogen) atoms. The van der Waals surface area contributed by atoms with E-state index in [1.807, 2.05) is 30.3 Å². The number of hydrogen-bond acceptors (Lipinski definition) is 2. The third-order valence-corrected chi connectivity index (χ3v) is 4.89. The summed E-state index contributed by atoms with van der Waals surface area (Å²) in [6.07, 6.45) is 5.62. The van der Waals surface area contributed by atoms with E-state index < -0.39 is 11.9 Å². The fourth-order valence-electron chi connectivity index (χ4n) is 3.48. The number of carbonyl (C=O) groups excluding carboxylic acids is 2. The van der Waals surface area contributed by atoms with Gasteiger partial charge in [0.2, 0.25) is 11.8 Å². The van der Waals surface area contributed by atoms with Crippen molar-refractivity contribution in [2.24, 2.45) is 11.7 Å². The van der Waals surface area contributed by atoms with E-state index >= 15 is 0 Å². The Balaban J connectivity index is 1.70. The Kier molecular flexibility index (Phi) is 5.14. The van der Waals surface area contributed by atoms with Gasteiger partial charge in [-0.25, -0.2) is 0 Å². The number of fused-ring (bicyclic) bond motifs is 1.